The van der Waals surface area contributed by atoms with Gasteiger partial charge >= 0.3 is 0 Å². The second kappa shape index (κ2) is 8.62. The van der Waals surface area contributed by atoms with E-state index in [0.717, 1.165) is 37.8 Å². The van der Waals surface area contributed by atoms with E-state index in [1.807, 2.05) is 24.3 Å². The number of rotatable bonds is 7. The average Bonchev–Trinajstić information content (AvgIpc) is 2.61. The fraction of sp³-hybridized carbons (Fsp3) is 0.611. The average molecular weight is 353 g/mol. The van der Waals surface area contributed by atoms with E-state index >= 15 is 0 Å². The molecule has 1 fully saturated rings. The van der Waals surface area contributed by atoms with Gasteiger partial charge < -0.3 is 5.32 Å². The summed E-state index contributed by atoms with van der Waals surface area (Å²) in [5.41, 5.74) is 2.04. The van der Waals surface area contributed by atoms with Crippen molar-refractivity contribution in [3.63, 3.8) is 0 Å². The number of aryl methyl sites for hydroxylation is 1. The van der Waals surface area contributed by atoms with Crippen molar-refractivity contribution in [3.8, 4) is 0 Å². The highest BCUT2D eigenvalue weighted by molar-refractivity contribution is 7.89. The van der Waals surface area contributed by atoms with Crippen molar-refractivity contribution in [1.29, 1.82) is 0 Å². The van der Waals surface area contributed by atoms with E-state index < -0.39 is 10.0 Å². The van der Waals surface area contributed by atoms with Gasteiger partial charge in [0, 0.05) is 18.8 Å². The van der Waals surface area contributed by atoms with Crippen molar-refractivity contribution < 1.29 is 13.2 Å². The van der Waals surface area contributed by atoms with E-state index in [0.29, 0.717) is 6.54 Å². The number of nitrogens with zero attached hydrogens (tertiary/aromatic N) is 1. The Kier molecular flexibility index (Phi) is 6.80. The van der Waals surface area contributed by atoms with Crippen LogP contribution in [0.1, 0.15) is 45.1 Å². The molecule has 1 N–H and O–H groups in total. The van der Waals surface area contributed by atoms with Crippen LogP contribution in [0.25, 0.3) is 0 Å². The molecule has 1 amide bonds. The number of hydrogen-bond donors (Lipinski definition) is 1. The molecule has 0 saturated carbocycles. The third-order valence-corrected chi connectivity index (χ3v) is 6.40. The lowest BCUT2D eigenvalue weighted by Crippen LogP contribution is -2.44. The Morgan fingerprint density at radius 3 is 2.58 bits per heavy atom. The van der Waals surface area contributed by atoms with Crippen LogP contribution in [0.5, 0.6) is 0 Å². The quantitative estimate of drug-likeness (QED) is 0.820. The summed E-state index contributed by atoms with van der Waals surface area (Å²) in [5, 5.41) is 2.92. The summed E-state index contributed by atoms with van der Waals surface area (Å²) in [7, 11) is -3.22. The van der Waals surface area contributed by atoms with Crippen molar-refractivity contribution in [2.45, 2.75) is 46.0 Å². The van der Waals surface area contributed by atoms with Gasteiger partial charge in [-0.05, 0) is 50.3 Å². The third-order valence-electron chi connectivity index (χ3n) is 4.55. The summed E-state index contributed by atoms with van der Waals surface area (Å²) < 4.78 is 25.5. The molecule has 0 aromatic heterocycles. The zero-order valence-electron chi connectivity index (χ0n) is 14.6. The molecule has 1 atom stereocenters. The van der Waals surface area contributed by atoms with Gasteiger partial charge in [-0.1, -0.05) is 25.5 Å². The molecule has 0 bridgehead atoms. The summed E-state index contributed by atoms with van der Waals surface area (Å²) in [6.07, 6.45) is 4.84. The maximum Gasteiger partial charge on any atom is 0.228 e. The zero-order chi connectivity index (χ0) is 17.6. The summed E-state index contributed by atoms with van der Waals surface area (Å²) in [6.45, 7) is 4.61. The molecule has 134 valence electrons. The number of benzene rings is 1. The Morgan fingerprint density at radius 1 is 1.25 bits per heavy atom. The molecular formula is C18H28N2O3S. The van der Waals surface area contributed by atoms with Crippen molar-refractivity contribution in [1.82, 2.24) is 4.31 Å². The van der Waals surface area contributed by atoms with Gasteiger partial charge in [0.05, 0.1) is 11.7 Å². The first-order chi connectivity index (χ1) is 11.5. The van der Waals surface area contributed by atoms with Crippen LogP contribution in [0.3, 0.4) is 0 Å². The molecule has 0 spiro atoms. The second-order valence-electron chi connectivity index (χ2n) is 6.39. The van der Waals surface area contributed by atoms with Crippen LogP contribution in [0.2, 0.25) is 0 Å². The fourth-order valence-electron chi connectivity index (χ4n) is 2.97. The fourth-order valence-corrected chi connectivity index (χ4v) is 4.15. The first-order valence-electron chi connectivity index (χ1n) is 8.84. The smallest absolute Gasteiger partial charge is 0.228 e. The minimum atomic E-state index is -3.22. The van der Waals surface area contributed by atoms with Crippen LogP contribution in [0, 0.1) is 5.92 Å². The van der Waals surface area contributed by atoms with Crippen LogP contribution in [-0.2, 0) is 21.2 Å². The maximum absolute atomic E-state index is 12.5. The molecule has 1 aromatic rings. The molecule has 1 aromatic carbocycles. The standard InChI is InChI=1S/C18H28N2O3S/c1-3-5-7-15-9-11-17(12-10-15)19-18(21)16-8-6-13-20(14-16)24(22,23)4-2/h9-12,16H,3-8,13-14H2,1-2H3,(H,19,21). The number of amides is 1. The van der Waals surface area contributed by atoms with Gasteiger partial charge in [0.15, 0.2) is 0 Å². The summed E-state index contributed by atoms with van der Waals surface area (Å²) in [6, 6.07) is 7.93. The number of carbonyl (C=O) groups is 1. The molecule has 0 aliphatic carbocycles. The van der Waals surface area contributed by atoms with E-state index in [2.05, 4.69) is 12.2 Å². The molecule has 1 aliphatic rings. The van der Waals surface area contributed by atoms with Crippen molar-refractivity contribution in [2.24, 2.45) is 5.92 Å². The number of carbonyl (C=O) groups excluding carboxylic acids is 1. The van der Waals surface area contributed by atoms with Gasteiger partial charge in [-0.15, -0.1) is 0 Å². The number of nitrogens with one attached hydrogen (secondary N) is 1. The van der Waals surface area contributed by atoms with E-state index in [4.69, 9.17) is 0 Å². The topological polar surface area (TPSA) is 66.5 Å². The minimum Gasteiger partial charge on any atom is -0.326 e. The normalized spacial score (nSPS) is 19.2. The van der Waals surface area contributed by atoms with E-state index in [1.165, 1.54) is 9.87 Å². The predicted octanol–water partition coefficient (Wildman–Crippen LogP) is 3.03. The van der Waals surface area contributed by atoms with Gasteiger partial charge in [-0.25, -0.2) is 12.7 Å². The van der Waals surface area contributed by atoms with Crippen molar-refractivity contribution in [3.05, 3.63) is 29.8 Å². The van der Waals surface area contributed by atoms with E-state index in [-0.39, 0.29) is 24.1 Å². The number of hydrogen-bond acceptors (Lipinski definition) is 3. The Labute approximate surface area is 145 Å². The molecule has 1 aliphatic heterocycles. The lowest BCUT2D eigenvalue weighted by molar-refractivity contribution is -0.120. The molecule has 2 rings (SSSR count). The van der Waals surface area contributed by atoms with Gasteiger partial charge in [0.25, 0.3) is 0 Å². The third kappa shape index (κ3) is 5.05. The maximum atomic E-state index is 12.5. The van der Waals surface area contributed by atoms with E-state index in [9.17, 15) is 13.2 Å². The first kappa shape index (κ1) is 18.9. The van der Waals surface area contributed by atoms with Crippen LogP contribution >= 0.6 is 0 Å². The molecule has 24 heavy (non-hydrogen) atoms. The summed E-state index contributed by atoms with van der Waals surface area (Å²) in [5.74, 6) is -0.284. The number of unbranched alkanes of at least 4 members (excludes halogenated alkanes) is 1. The minimum absolute atomic E-state index is 0.0839. The molecule has 1 unspecified atom stereocenters. The van der Waals surface area contributed by atoms with Crippen molar-refractivity contribution >= 4 is 21.6 Å². The van der Waals surface area contributed by atoms with Crippen molar-refractivity contribution in [2.75, 3.05) is 24.2 Å². The van der Waals surface area contributed by atoms with Crippen LogP contribution in [0.4, 0.5) is 5.69 Å². The molecule has 6 heteroatoms. The zero-order valence-corrected chi connectivity index (χ0v) is 15.4. The van der Waals surface area contributed by atoms with Gasteiger partial charge in [-0.2, -0.15) is 0 Å². The number of anilines is 1. The monoisotopic (exact) mass is 352 g/mol. The lowest BCUT2D eigenvalue weighted by Gasteiger charge is -2.30. The second-order valence-corrected chi connectivity index (χ2v) is 8.65. The van der Waals surface area contributed by atoms with Crippen LogP contribution in [0.15, 0.2) is 24.3 Å². The molecule has 5 nitrogen and oxygen atoms in total. The Bertz CT molecular complexity index is 641. The number of sulfonamides is 1. The van der Waals surface area contributed by atoms with Gasteiger partial charge in [0.1, 0.15) is 0 Å². The Morgan fingerprint density at radius 2 is 1.96 bits per heavy atom. The van der Waals surface area contributed by atoms with Gasteiger partial charge in [-0.3, -0.25) is 4.79 Å². The Balaban J connectivity index is 1.94. The SMILES string of the molecule is CCCCc1ccc(NC(=O)C2CCCN(S(=O)(=O)CC)C2)cc1. The predicted molar refractivity (Wildman–Crippen MR) is 97.4 cm³/mol. The summed E-state index contributed by atoms with van der Waals surface area (Å²) >= 11 is 0. The highest BCUT2D eigenvalue weighted by Gasteiger charge is 2.31. The molecule has 1 heterocycles. The van der Waals surface area contributed by atoms with E-state index in [1.54, 1.807) is 6.92 Å². The first-order valence-corrected chi connectivity index (χ1v) is 10.4. The summed E-state index contributed by atoms with van der Waals surface area (Å²) in [4.78, 5) is 12.5. The largest absolute Gasteiger partial charge is 0.326 e. The molecule has 1 saturated heterocycles. The molecule has 0 radical (unpaired) electrons. The molecular weight excluding hydrogens is 324 g/mol. The highest BCUT2D eigenvalue weighted by atomic mass is 32.2. The highest BCUT2D eigenvalue weighted by Crippen LogP contribution is 2.21. The van der Waals surface area contributed by atoms with Gasteiger partial charge in [0.2, 0.25) is 15.9 Å². The lowest BCUT2D eigenvalue weighted by atomic mass is 9.98. The number of piperidine rings is 1. The Hall–Kier alpha value is -1.40. The van der Waals surface area contributed by atoms with Crippen LogP contribution in [-0.4, -0.2) is 37.5 Å². The van der Waals surface area contributed by atoms with Crippen LogP contribution < -0.4 is 5.32 Å².